The number of sulfonamides is 1. The third-order valence-corrected chi connectivity index (χ3v) is 7.37. The minimum Gasteiger partial charge on any atom is -0.506 e. The molecule has 30 heavy (non-hydrogen) atoms. The van der Waals surface area contributed by atoms with Gasteiger partial charge in [0.1, 0.15) is 22.1 Å². The lowest BCUT2D eigenvalue weighted by molar-refractivity contribution is 0.393. The molecular weight excluding hydrogens is 434 g/mol. The smallest absolute Gasteiger partial charge is 0.240 e. The van der Waals surface area contributed by atoms with E-state index in [1.54, 1.807) is 24.3 Å². The van der Waals surface area contributed by atoms with Crippen molar-refractivity contribution < 1.29 is 31.8 Å². The van der Waals surface area contributed by atoms with Gasteiger partial charge in [-0.2, -0.15) is 0 Å². The molecule has 1 aliphatic heterocycles. The Morgan fingerprint density at radius 2 is 1.77 bits per heavy atom. The molecule has 0 aliphatic carbocycles. The van der Waals surface area contributed by atoms with Crippen molar-refractivity contribution >= 4 is 42.0 Å². The summed E-state index contributed by atoms with van der Waals surface area (Å²) in [7, 11) is -6.49. The average molecular weight is 449 g/mol. The second-order valence-electron chi connectivity index (χ2n) is 6.34. The Balaban J connectivity index is 1.94. The minimum atomic E-state index is -3.90. The molecule has 10 nitrogen and oxygen atoms in total. The summed E-state index contributed by atoms with van der Waals surface area (Å²) in [6.07, 6.45) is 0. The highest BCUT2D eigenvalue weighted by molar-refractivity contribution is 7.91. The summed E-state index contributed by atoms with van der Waals surface area (Å²) in [5.41, 5.74) is -0.591. The van der Waals surface area contributed by atoms with Crippen LogP contribution in [0.15, 0.2) is 62.5 Å². The fraction of sp³-hybridized carbons (Fsp3) is 0.111. The van der Waals surface area contributed by atoms with E-state index in [1.165, 1.54) is 13.1 Å². The first-order valence-corrected chi connectivity index (χ1v) is 11.6. The molecule has 156 valence electrons. The Hall–Kier alpha value is -3.22. The molecule has 0 spiro atoms. The maximum Gasteiger partial charge on any atom is 0.240 e. The number of hydrogen-bond donors (Lipinski definition) is 3. The lowest BCUT2D eigenvalue weighted by Gasteiger charge is -2.09. The van der Waals surface area contributed by atoms with Crippen molar-refractivity contribution in [2.75, 3.05) is 13.0 Å². The van der Waals surface area contributed by atoms with Gasteiger partial charge in [-0.1, -0.05) is 24.3 Å². The summed E-state index contributed by atoms with van der Waals surface area (Å²) in [6, 6.07) is 9.84. The number of ether oxygens (including phenoxy) is 1. The van der Waals surface area contributed by atoms with Crippen LogP contribution in [0.1, 0.15) is 0 Å². The van der Waals surface area contributed by atoms with Crippen molar-refractivity contribution in [2.24, 2.45) is 10.2 Å². The molecule has 0 aromatic heterocycles. The molecule has 0 fully saturated rings. The molecule has 0 atom stereocenters. The van der Waals surface area contributed by atoms with Gasteiger partial charge >= 0.3 is 0 Å². The van der Waals surface area contributed by atoms with Crippen molar-refractivity contribution in [1.29, 1.82) is 0 Å². The zero-order valence-corrected chi connectivity index (χ0v) is 17.0. The molecule has 0 unspecified atom stereocenters. The van der Waals surface area contributed by atoms with Crippen LogP contribution in [-0.2, 0) is 19.9 Å². The van der Waals surface area contributed by atoms with Crippen LogP contribution < -0.4 is 9.46 Å². The molecule has 3 aromatic carbocycles. The normalized spacial score (nSPS) is 15.4. The number of phenolic OH excluding ortho intramolecular Hbond substituents is 2. The number of fused-ring (bicyclic) bond motifs is 3. The highest BCUT2D eigenvalue weighted by Gasteiger charge is 2.36. The monoisotopic (exact) mass is 449 g/mol. The van der Waals surface area contributed by atoms with Gasteiger partial charge in [-0.3, -0.25) is 0 Å². The van der Waals surface area contributed by atoms with Gasteiger partial charge < -0.3 is 14.9 Å². The van der Waals surface area contributed by atoms with Crippen LogP contribution in [0.5, 0.6) is 17.2 Å². The summed E-state index contributed by atoms with van der Waals surface area (Å²) >= 11 is 0. The van der Waals surface area contributed by atoms with Crippen LogP contribution in [0.2, 0.25) is 0 Å². The van der Waals surface area contributed by atoms with Crippen molar-refractivity contribution in [2.45, 2.75) is 9.79 Å². The van der Waals surface area contributed by atoms with Gasteiger partial charge in [0.15, 0.2) is 17.4 Å². The fourth-order valence-corrected chi connectivity index (χ4v) is 5.07. The Labute approximate surface area is 171 Å². The highest BCUT2D eigenvalue weighted by Crippen LogP contribution is 2.51. The van der Waals surface area contributed by atoms with Crippen molar-refractivity contribution in [1.82, 2.24) is 4.72 Å². The molecule has 4 rings (SSSR count). The van der Waals surface area contributed by atoms with Crippen LogP contribution in [0.3, 0.4) is 0 Å². The summed E-state index contributed by atoms with van der Waals surface area (Å²) < 4.78 is 56.4. The molecule has 0 saturated carbocycles. The zero-order chi connectivity index (χ0) is 21.7. The predicted molar refractivity (Wildman–Crippen MR) is 107 cm³/mol. The second kappa shape index (κ2) is 6.93. The number of rotatable bonds is 4. The van der Waals surface area contributed by atoms with Crippen LogP contribution in [0.4, 0.5) is 11.4 Å². The number of benzene rings is 3. The first-order chi connectivity index (χ1) is 14.2. The Morgan fingerprint density at radius 1 is 1.07 bits per heavy atom. The largest absolute Gasteiger partial charge is 0.506 e. The number of nitrogens with one attached hydrogen (secondary N) is 1. The van der Waals surface area contributed by atoms with Crippen LogP contribution in [0.25, 0.3) is 10.8 Å². The fourth-order valence-electron chi connectivity index (χ4n) is 3.04. The number of phenols is 2. The molecule has 0 bridgehead atoms. The third kappa shape index (κ3) is 3.14. The lowest BCUT2D eigenvalue weighted by atomic mass is 10.1. The van der Waals surface area contributed by atoms with E-state index in [9.17, 15) is 27.0 Å². The van der Waals surface area contributed by atoms with E-state index in [0.717, 1.165) is 12.1 Å². The number of aromatic hydroxyl groups is 2. The van der Waals surface area contributed by atoms with Crippen LogP contribution >= 0.6 is 0 Å². The van der Waals surface area contributed by atoms with E-state index >= 15 is 0 Å². The van der Waals surface area contributed by atoms with Crippen LogP contribution in [0, 0.1) is 0 Å². The molecule has 3 aromatic rings. The Bertz CT molecular complexity index is 1430. The van der Waals surface area contributed by atoms with Gasteiger partial charge in [0.2, 0.25) is 19.9 Å². The predicted octanol–water partition coefficient (Wildman–Crippen LogP) is 2.70. The molecule has 1 heterocycles. The van der Waals surface area contributed by atoms with Crippen molar-refractivity contribution in [3.63, 3.8) is 0 Å². The third-order valence-electron chi connectivity index (χ3n) is 4.53. The molecule has 0 amide bonds. The SMILES string of the molecule is CNS(=O)(=O)c1ccc(O)c(N=Nc2c3c(c4ccccc4c2O)OCS3(=O)=O)c1. The number of sulfone groups is 1. The Morgan fingerprint density at radius 3 is 2.47 bits per heavy atom. The molecule has 0 saturated heterocycles. The Kier molecular flexibility index (Phi) is 4.64. The minimum absolute atomic E-state index is 0.0492. The summed E-state index contributed by atoms with van der Waals surface area (Å²) in [6.45, 7) is 0. The van der Waals surface area contributed by atoms with Gasteiger partial charge in [0.05, 0.1) is 4.90 Å². The van der Waals surface area contributed by atoms with E-state index in [-0.39, 0.29) is 32.7 Å². The maximum absolute atomic E-state index is 12.5. The van der Waals surface area contributed by atoms with Gasteiger partial charge in [-0.15, -0.1) is 10.2 Å². The quantitative estimate of drug-likeness (QED) is 0.517. The standard InChI is InChI=1S/C18H15N3O7S2/c1-19-30(26,27)10-6-7-14(22)13(8-10)20-21-15-16(23)11-4-2-3-5-12(11)17-18(15)29(24,25)9-28-17/h2-8,19,22-23H,9H2,1H3. The molecule has 3 N–H and O–H groups in total. The molecule has 0 radical (unpaired) electrons. The van der Waals surface area contributed by atoms with E-state index < -0.39 is 31.5 Å². The first-order valence-electron chi connectivity index (χ1n) is 8.47. The molecular formula is C18H15N3O7S2. The van der Waals surface area contributed by atoms with Gasteiger partial charge in [-0.05, 0) is 25.2 Å². The van der Waals surface area contributed by atoms with E-state index in [0.29, 0.717) is 10.8 Å². The topological polar surface area (TPSA) is 155 Å². The number of nitrogens with zero attached hydrogens (tertiary/aromatic N) is 2. The number of azo groups is 1. The van der Waals surface area contributed by atoms with Gasteiger partial charge in [0, 0.05) is 10.8 Å². The van der Waals surface area contributed by atoms with Crippen LogP contribution in [-0.4, -0.2) is 40.0 Å². The molecule has 1 aliphatic rings. The summed E-state index contributed by atoms with van der Waals surface area (Å²) in [5, 5.41) is 29.0. The van der Waals surface area contributed by atoms with E-state index in [4.69, 9.17) is 4.74 Å². The average Bonchev–Trinajstić information content (AvgIpc) is 3.04. The van der Waals surface area contributed by atoms with E-state index in [2.05, 4.69) is 15.0 Å². The lowest BCUT2D eigenvalue weighted by Crippen LogP contribution is -2.18. The second-order valence-corrected chi connectivity index (χ2v) is 10.1. The molecule has 12 heteroatoms. The van der Waals surface area contributed by atoms with Crippen molar-refractivity contribution in [3.8, 4) is 17.2 Å². The first kappa shape index (κ1) is 20.1. The zero-order valence-electron chi connectivity index (χ0n) is 15.4. The van der Waals surface area contributed by atoms with E-state index in [1.807, 2.05) is 0 Å². The summed E-state index contributed by atoms with van der Waals surface area (Å²) in [5.74, 6) is -1.38. The maximum atomic E-state index is 12.5. The van der Waals surface area contributed by atoms with Gasteiger partial charge in [0.25, 0.3) is 0 Å². The van der Waals surface area contributed by atoms with Crippen molar-refractivity contribution in [3.05, 3.63) is 42.5 Å². The highest BCUT2D eigenvalue weighted by atomic mass is 32.2. The van der Waals surface area contributed by atoms with Gasteiger partial charge in [-0.25, -0.2) is 21.6 Å². The number of hydrogen-bond acceptors (Lipinski definition) is 9. The summed E-state index contributed by atoms with van der Waals surface area (Å²) in [4.78, 5) is -0.499.